The summed E-state index contributed by atoms with van der Waals surface area (Å²) in [6.07, 6.45) is 7.56. The van der Waals surface area contributed by atoms with Crippen LogP contribution in [-0.4, -0.2) is 23.7 Å². The van der Waals surface area contributed by atoms with Gasteiger partial charge in [-0.05, 0) is 37.2 Å². The molecule has 1 saturated carbocycles. The SMILES string of the molecule is CCCC1CCC(NCC(C(=O)O)c2ccccc2)CC1. The fraction of sp³-hybridized carbons (Fsp3) is 0.611. The van der Waals surface area contributed by atoms with Crippen LogP contribution in [0.1, 0.15) is 56.9 Å². The lowest BCUT2D eigenvalue weighted by atomic mass is 9.83. The molecule has 0 aliphatic heterocycles. The molecule has 0 heterocycles. The van der Waals surface area contributed by atoms with Gasteiger partial charge in [0.15, 0.2) is 0 Å². The summed E-state index contributed by atoms with van der Waals surface area (Å²) >= 11 is 0. The lowest BCUT2D eigenvalue weighted by Gasteiger charge is -2.30. The molecule has 1 aliphatic carbocycles. The summed E-state index contributed by atoms with van der Waals surface area (Å²) in [5.41, 5.74) is 0.886. The molecule has 0 saturated heterocycles. The molecule has 2 N–H and O–H groups in total. The van der Waals surface area contributed by atoms with Gasteiger partial charge < -0.3 is 10.4 Å². The first-order valence-corrected chi connectivity index (χ1v) is 8.21. The van der Waals surface area contributed by atoms with Crippen molar-refractivity contribution in [2.45, 2.75) is 57.4 Å². The highest BCUT2D eigenvalue weighted by Crippen LogP contribution is 2.28. The average Bonchev–Trinajstić information content (AvgIpc) is 2.50. The molecule has 1 fully saturated rings. The molecule has 1 unspecified atom stereocenters. The van der Waals surface area contributed by atoms with Crippen LogP contribution in [0, 0.1) is 5.92 Å². The van der Waals surface area contributed by atoms with E-state index in [0.29, 0.717) is 12.6 Å². The lowest BCUT2D eigenvalue weighted by Crippen LogP contribution is -2.37. The number of carboxylic acids is 1. The molecule has 0 amide bonds. The van der Waals surface area contributed by atoms with Crippen molar-refractivity contribution < 1.29 is 9.90 Å². The number of benzene rings is 1. The summed E-state index contributed by atoms with van der Waals surface area (Å²) in [5, 5.41) is 12.9. The van der Waals surface area contributed by atoms with Gasteiger partial charge >= 0.3 is 5.97 Å². The van der Waals surface area contributed by atoms with Gasteiger partial charge in [0.25, 0.3) is 0 Å². The van der Waals surface area contributed by atoms with Crippen molar-refractivity contribution in [2.75, 3.05) is 6.54 Å². The third-order valence-corrected chi connectivity index (χ3v) is 4.65. The molecule has 2 rings (SSSR count). The molecule has 21 heavy (non-hydrogen) atoms. The number of carbonyl (C=O) groups is 1. The van der Waals surface area contributed by atoms with Gasteiger partial charge in [-0.2, -0.15) is 0 Å². The van der Waals surface area contributed by atoms with Gasteiger partial charge in [-0.25, -0.2) is 0 Å². The Hall–Kier alpha value is -1.35. The van der Waals surface area contributed by atoms with E-state index in [1.165, 1.54) is 38.5 Å². The number of rotatable bonds is 7. The number of carboxylic acid groups (broad SMARTS) is 1. The fourth-order valence-corrected chi connectivity index (χ4v) is 3.38. The Bertz CT molecular complexity index is 424. The van der Waals surface area contributed by atoms with Gasteiger partial charge in [0, 0.05) is 12.6 Å². The Morgan fingerprint density at radius 3 is 2.48 bits per heavy atom. The van der Waals surface area contributed by atoms with E-state index < -0.39 is 11.9 Å². The van der Waals surface area contributed by atoms with Gasteiger partial charge in [-0.3, -0.25) is 4.79 Å². The van der Waals surface area contributed by atoms with Crippen molar-refractivity contribution in [3.8, 4) is 0 Å². The Morgan fingerprint density at radius 2 is 1.90 bits per heavy atom. The van der Waals surface area contributed by atoms with Crippen LogP contribution >= 0.6 is 0 Å². The van der Waals surface area contributed by atoms with Crippen molar-refractivity contribution in [3.05, 3.63) is 35.9 Å². The molecule has 1 aliphatic rings. The zero-order chi connectivity index (χ0) is 15.1. The van der Waals surface area contributed by atoms with E-state index in [-0.39, 0.29) is 0 Å². The van der Waals surface area contributed by atoms with Gasteiger partial charge in [0.05, 0.1) is 5.92 Å². The maximum absolute atomic E-state index is 11.5. The number of hydrogen-bond acceptors (Lipinski definition) is 2. The zero-order valence-corrected chi connectivity index (χ0v) is 12.9. The van der Waals surface area contributed by atoms with E-state index in [1.54, 1.807) is 0 Å². The number of aliphatic carboxylic acids is 1. The van der Waals surface area contributed by atoms with E-state index in [9.17, 15) is 9.90 Å². The van der Waals surface area contributed by atoms with Crippen molar-refractivity contribution in [2.24, 2.45) is 5.92 Å². The van der Waals surface area contributed by atoms with E-state index >= 15 is 0 Å². The molecule has 116 valence electrons. The van der Waals surface area contributed by atoms with Crippen molar-refractivity contribution in [3.63, 3.8) is 0 Å². The maximum atomic E-state index is 11.5. The van der Waals surface area contributed by atoms with E-state index in [0.717, 1.165) is 11.5 Å². The van der Waals surface area contributed by atoms with E-state index in [4.69, 9.17) is 0 Å². The Labute approximate surface area is 127 Å². The normalized spacial score (nSPS) is 23.7. The molecule has 0 radical (unpaired) electrons. The third-order valence-electron chi connectivity index (χ3n) is 4.65. The van der Waals surface area contributed by atoms with Crippen LogP contribution in [0.25, 0.3) is 0 Å². The second-order valence-electron chi connectivity index (χ2n) is 6.22. The van der Waals surface area contributed by atoms with Crippen LogP contribution < -0.4 is 5.32 Å². The van der Waals surface area contributed by atoms with Gasteiger partial charge in [0.2, 0.25) is 0 Å². The summed E-state index contributed by atoms with van der Waals surface area (Å²) < 4.78 is 0. The summed E-state index contributed by atoms with van der Waals surface area (Å²) in [6.45, 7) is 2.78. The molecule has 0 aromatic heterocycles. The first-order chi connectivity index (χ1) is 10.2. The van der Waals surface area contributed by atoms with E-state index in [1.807, 2.05) is 30.3 Å². The Kier molecular flexibility index (Phi) is 6.24. The molecule has 1 atom stereocenters. The van der Waals surface area contributed by atoms with Crippen LogP contribution in [0.3, 0.4) is 0 Å². The van der Waals surface area contributed by atoms with Crippen LogP contribution in [-0.2, 0) is 4.79 Å². The third kappa shape index (κ3) is 4.85. The second kappa shape index (κ2) is 8.18. The predicted molar refractivity (Wildman–Crippen MR) is 85.5 cm³/mol. The predicted octanol–water partition coefficient (Wildman–Crippen LogP) is 3.80. The molecular weight excluding hydrogens is 262 g/mol. The minimum absolute atomic E-state index is 0.445. The van der Waals surface area contributed by atoms with Crippen molar-refractivity contribution in [1.29, 1.82) is 0 Å². The molecule has 1 aromatic rings. The number of hydrogen-bond donors (Lipinski definition) is 2. The second-order valence-corrected chi connectivity index (χ2v) is 6.22. The van der Waals surface area contributed by atoms with Gasteiger partial charge in [0.1, 0.15) is 0 Å². The zero-order valence-electron chi connectivity index (χ0n) is 12.9. The van der Waals surface area contributed by atoms with E-state index in [2.05, 4.69) is 12.2 Å². The minimum atomic E-state index is -0.742. The summed E-state index contributed by atoms with van der Waals surface area (Å²) in [6, 6.07) is 10.0. The first-order valence-electron chi connectivity index (χ1n) is 8.21. The quantitative estimate of drug-likeness (QED) is 0.802. The smallest absolute Gasteiger partial charge is 0.312 e. The monoisotopic (exact) mass is 289 g/mol. The number of nitrogens with one attached hydrogen (secondary N) is 1. The molecule has 0 spiro atoms. The average molecular weight is 289 g/mol. The Morgan fingerprint density at radius 1 is 1.24 bits per heavy atom. The highest BCUT2D eigenvalue weighted by molar-refractivity contribution is 5.76. The van der Waals surface area contributed by atoms with Crippen LogP contribution in [0.15, 0.2) is 30.3 Å². The lowest BCUT2D eigenvalue weighted by molar-refractivity contribution is -0.138. The molecular formula is C18H27NO2. The maximum Gasteiger partial charge on any atom is 0.312 e. The molecule has 1 aromatic carbocycles. The first kappa shape index (κ1) is 16.0. The van der Waals surface area contributed by atoms with Gasteiger partial charge in [-0.1, -0.05) is 50.1 Å². The highest BCUT2D eigenvalue weighted by Gasteiger charge is 2.24. The largest absolute Gasteiger partial charge is 0.481 e. The standard InChI is InChI=1S/C18H27NO2/c1-2-6-14-9-11-16(12-10-14)19-13-17(18(20)21)15-7-4-3-5-8-15/h3-5,7-8,14,16-17,19H,2,6,9-13H2,1H3,(H,20,21). The summed E-state index contributed by atoms with van der Waals surface area (Å²) in [4.78, 5) is 11.5. The van der Waals surface area contributed by atoms with Gasteiger partial charge in [-0.15, -0.1) is 0 Å². The topological polar surface area (TPSA) is 49.3 Å². The Balaban J connectivity index is 1.82. The summed E-state index contributed by atoms with van der Waals surface area (Å²) in [5.74, 6) is -0.301. The molecule has 3 nitrogen and oxygen atoms in total. The fourth-order valence-electron chi connectivity index (χ4n) is 3.38. The van der Waals surface area contributed by atoms with Crippen LogP contribution in [0.2, 0.25) is 0 Å². The highest BCUT2D eigenvalue weighted by atomic mass is 16.4. The van der Waals surface area contributed by atoms with Crippen LogP contribution in [0.5, 0.6) is 0 Å². The molecule has 3 heteroatoms. The molecule has 0 bridgehead atoms. The van der Waals surface area contributed by atoms with Crippen LogP contribution in [0.4, 0.5) is 0 Å². The van der Waals surface area contributed by atoms with Crippen molar-refractivity contribution >= 4 is 5.97 Å². The van der Waals surface area contributed by atoms with Crippen molar-refractivity contribution in [1.82, 2.24) is 5.32 Å². The summed E-state index contributed by atoms with van der Waals surface area (Å²) in [7, 11) is 0. The minimum Gasteiger partial charge on any atom is -0.481 e.